The SMILES string of the molecule is Cc1ccccc1CC(O)c1cccc2cccnc12. The summed E-state index contributed by atoms with van der Waals surface area (Å²) in [6, 6.07) is 18.1. The average molecular weight is 263 g/mol. The van der Waals surface area contributed by atoms with Gasteiger partial charge in [-0.15, -0.1) is 0 Å². The molecule has 2 nitrogen and oxygen atoms in total. The Kier molecular flexibility index (Phi) is 3.48. The van der Waals surface area contributed by atoms with Crippen LogP contribution >= 0.6 is 0 Å². The summed E-state index contributed by atoms with van der Waals surface area (Å²) in [7, 11) is 0. The van der Waals surface area contributed by atoms with Gasteiger partial charge < -0.3 is 5.11 Å². The number of aromatic nitrogens is 1. The molecule has 2 heteroatoms. The number of hydrogen-bond acceptors (Lipinski definition) is 2. The molecule has 0 saturated heterocycles. The van der Waals surface area contributed by atoms with E-state index in [4.69, 9.17) is 0 Å². The normalized spacial score (nSPS) is 12.5. The van der Waals surface area contributed by atoms with Gasteiger partial charge in [0.1, 0.15) is 0 Å². The third-order valence-electron chi connectivity index (χ3n) is 3.70. The first kappa shape index (κ1) is 12.8. The van der Waals surface area contributed by atoms with Crippen LogP contribution in [0, 0.1) is 6.92 Å². The summed E-state index contributed by atoms with van der Waals surface area (Å²) in [6.45, 7) is 2.07. The van der Waals surface area contributed by atoms with E-state index in [-0.39, 0.29) is 0 Å². The van der Waals surface area contributed by atoms with Crippen LogP contribution in [0.3, 0.4) is 0 Å². The van der Waals surface area contributed by atoms with E-state index in [9.17, 15) is 5.11 Å². The Morgan fingerprint density at radius 1 is 1.00 bits per heavy atom. The van der Waals surface area contributed by atoms with Gasteiger partial charge >= 0.3 is 0 Å². The number of aliphatic hydroxyl groups is 1. The summed E-state index contributed by atoms with van der Waals surface area (Å²) in [5.41, 5.74) is 4.16. The van der Waals surface area contributed by atoms with Crippen molar-refractivity contribution in [1.29, 1.82) is 0 Å². The van der Waals surface area contributed by atoms with Crippen molar-refractivity contribution in [1.82, 2.24) is 4.98 Å². The zero-order valence-corrected chi connectivity index (χ0v) is 11.5. The van der Waals surface area contributed by atoms with Gasteiger partial charge in [0.05, 0.1) is 11.6 Å². The minimum absolute atomic E-state index is 0.533. The lowest BCUT2D eigenvalue weighted by Gasteiger charge is -2.14. The molecule has 1 heterocycles. The Morgan fingerprint density at radius 3 is 2.65 bits per heavy atom. The molecule has 0 aliphatic heterocycles. The number of aliphatic hydroxyl groups excluding tert-OH is 1. The molecule has 1 aromatic heterocycles. The molecule has 0 fully saturated rings. The molecule has 0 amide bonds. The molecule has 1 unspecified atom stereocenters. The second-order valence-electron chi connectivity index (χ2n) is 5.07. The highest BCUT2D eigenvalue weighted by Crippen LogP contribution is 2.25. The van der Waals surface area contributed by atoms with Crippen LogP contribution in [-0.2, 0) is 6.42 Å². The average Bonchev–Trinajstić information content (AvgIpc) is 2.49. The van der Waals surface area contributed by atoms with E-state index in [2.05, 4.69) is 24.0 Å². The largest absolute Gasteiger partial charge is 0.388 e. The van der Waals surface area contributed by atoms with E-state index in [1.54, 1.807) is 6.20 Å². The molecule has 0 saturated carbocycles. The minimum Gasteiger partial charge on any atom is -0.388 e. The summed E-state index contributed by atoms with van der Waals surface area (Å²) < 4.78 is 0. The first-order chi connectivity index (χ1) is 9.75. The van der Waals surface area contributed by atoms with Gasteiger partial charge in [-0.3, -0.25) is 4.98 Å². The number of rotatable bonds is 3. The number of pyridine rings is 1. The summed E-state index contributed by atoms with van der Waals surface area (Å²) in [5, 5.41) is 11.6. The molecule has 1 atom stereocenters. The maximum Gasteiger partial charge on any atom is 0.0851 e. The second-order valence-corrected chi connectivity index (χ2v) is 5.07. The molecule has 3 rings (SSSR count). The molecule has 2 aromatic carbocycles. The monoisotopic (exact) mass is 263 g/mol. The number of fused-ring (bicyclic) bond motifs is 1. The standard InChI is InChI=1S/C18H17NO/c1-13-6-2-3-7-15(13)12-17(20)16-10-4-8-14-9-5-11-19-18(14)16/h2-11,17,20H,12H2,1H3. The smallest absolute Gasteiger partial charge is 0.0851 e. The quantitative estimate of drug-likeness (QED) is 0.779. The van der Waals surface area contributed by atoms with Gasteiger partial charge in [0, 0.05) is 23.6 Å². The summed E-state index contributed by atoms with van der Waals surface area (Å²) in [4.78, 5) is 4.41. The van der Waals surface area contributed by atoms with Gasteiger partial charge in [-0.25, -0.2) is 0 Å². The Labute approximate surface area is 118 Å². The molecule has 20 heavy (non-hydrogen) atoms. The highest BCUT2D eigenvalue weighted by Gasteiger charge is 2.13. The molecule has 1 N–H and O–H groups in total. The number of benzene rings is 2. The fourth-order valence-electron chi connectivity index (χ4n) is 2.55. The molecule has 0 radical (unpaired) electrons. The van der Waals surface area contributed by atoms with E-state index in [1.165, 1.54) is 11.1 Å². The number of nitrogens with zero attached hydrogens (tertiary/aromatic N) is 1. The lowest BCUT2D eigenvalue weighted by molar-refractivity contribution is 0.179. The highest BCUT2D eigenvalue weighted by molar-refractivity contribution is 5.81. The highest BCUT2D eigenvalue weighted by atomic mass is 16.3. The molecule has 3 aromatic rings. The van der Waals surface area contributed by atoms with Crippen LogP contribution < -0.4 is 0 Å². The molecular formula is C18H17NO. The Bertz CT molecular complexity index is 731. The fraction of sp³-hybridized carbons (Fsp3) is 0.167. The first-order valence-corrected chi connectivity index (χ1v) is 6.82. The lowest BCUT2D eigenvalue weighted by atomic mass is 9.96. The van der Waals surface area contributed by atoms with Crippen molar-refractivity contribution in [2.45, 2.75) is 19.4 Å². The van der Waals surface area contributed by atoms with E-state index in [0.717, 1.165) is 16.5 Å². The van der Waals surface area contributed by atoms with E-state index >= 15 is 0 Å². The maximum atomic E-state index is 10.6. The molecule has 100 valence electrons. The van der Waals surface area contributed by atoms with Gasteiger partial charge in [-0.2, -0.15) is 0 Å². The van der Waals surface area contributed by atoms with E-state index < -0.39 is 6.10 Å². The Balaban J connectivity index is 1.97. The van der Waals surface area contributed by atoms with Crippen LogP contribution in [0.4, 0.5) is 0 Å². The van der Waals surface area contributed by atoms with Crippen molar-refractivity contribution in [3.05, 3.63) is 77.5 Å². The van der Waals surface area contributed by atoms with E-state index in [0.29, 0.717) is 6.42 Å². The van der Waals surface area contributed by atoms with Crippen LogP contribution in [-0.4, -0.2) is 10.1 Å². The van der Waals surface area contributed by atoms with Gasteiger partial charge in [0.15, 0.2) is 0 Å². The maximum absolute atomic E-state index is 10.6. The molecule has 0 bridgehead atoms. The number of para-hydroxylation sites is 1. The lowest BCUT2D eigenvalue weighted by Crippen LogP contribution is -2.04. The predicted molar refractivity (Wildman–Crippen MR) is 81.6 cm³/mol. The fourth-order valence-corrected chi connectivity index (χ4v) is 2.55. The number of aryl methyl sites for hydroxylation is 1. The van der Waals surface area contributed by atoms with Crippen molar-refractivity contribution in [2.24, 2.45) is 0 Å². The molecule has 0 aliphatic rings. The third-order valence-corrected chi connectivity index (χ3v) is 3.70. The first-order valence-electron chi connectivity index (χ1n) is 6.82. The minimum atomic E-state index is -0.533. The third kappa shape index (κ3) is 2.43. The van der Waals surface area contributed by atoms with Crippen LogP contribution in [0.1, 0.15) is 22.8 Å². The topological polar surface area (TPSA) is 33.1 Å². The molecule has 0 spiro atoms. The summed E-state index contributed by atoms with van der Waals surface area (Å²) in [5.74, 6) is 0. The molecule has 0 aliphatic carbocycles. The van der Waals surface area contributed by atoms with Gasteiger partial charge in [-0.1, -0.05) is 48.5 Å². The Morgan fingerprint density at radius 2 is 1.80 bits per heavy atom. The van der Waals surface area contributed by atoms with Crippen molar-refractivity contribution in [2.75, 3.05) is 0 Å². The van der Waals surface area contributed by atoms with Gasteiger partial charge in [-0.05, 0) is 24.1 Å². The van der Waals surface area contributed by atoms with Crippen molar-refractivity contribution in [3.8, 4) is 0 Å². The Hall–Kier alpha value is -2.19. The van der Waals surface area contributed by atoms with Crippen LogP contribution in [0.15, 0.2) is 60.8 Å². The van der Waals surface area contributed by atoms with Crippen molar-refractivity contribution < 1.29 is 5.11 Å². The molecular weight excluding hydrogens is 246 g/mol. The predicted octanol–water partition coefficient (Wildman–Crippen LogP) is 3.82. The van der Waals surface area contributed by atoms with E-state index in [1.807, 2.05) is 42.5 Å². The number of hydrogen-bond donors (Lipinski definition) is 1. The second kappa shape index (κ2) is 5.43. The summed E-state index contributed by atoms with van der Waals surface area (Å²) in [6.07, 6.45) is 1.85. The summed E-state index contributed by atoms with van der Waals surface area (Å²) >= 11 is 0. The van der Waals surface area contributed by atoms with Crippen molar-refractivity contribution in [3.63, 3.8) is 0 Å². The van der Waals surface area contributed by atoms with Crippen LogP contribution in [0.2, 0.25) is 0 Å². The van der Waals surface area contributed by atoms with Crippen LogP contribution in [0.25, 0.3) is 10.9 Å². The zero-order valence-electron chi connectivity index (χ0n) is 11.5. The van der Waals surface area contributed by atoms with Gasteiger partial charge in [0.2, 0.25) is 0 Å². The zero-order chi connectivity index (χ0) is 13.9. The van der Waals surface area contributed by atoms with Gasteiger partial charge in [0.25, 0.3) is 0 Å². The van der Waals surface area contributed by atoms with Crippen LogP contribution in [0.5, 0.6) is 0 Å². The van der Waals surface area contributed by atoms with Crippen molar-refractivity contribution >= 4 is 10.9 Å².